The van der Waals surface area contributed by atoms with E-state index in [2.05, 4.69) is 15.1 Å². The van der Waals surface area contributed by atoms with Gasteiger partial charge in [-0.1, -0.05) is 36.5 Å². The quantitative estimate of drug-likeness (QED) is 0.779. The maximum Gasteiger partial charge on any atom is 0.283 e. The fraction of sp³-hybridized carbons (Fsp3) is 0.176. The molecule has 1 aliphatic rings. The molecule has 0 saturated carbocycles. The Kier molecular flexibility index (Phi) is 3.31. The van der Waals surface area contributed by atoms with Gasteiger partial charge in [0.1, 0.15) is 10.8 Å². The second-order valence-electron chi connectivity index (χ2n) is 5.53. The summed E-state index contributed by atoms with van der Waals surface area (Å²) in [5.74, 6) is 0.311. The number of para-hydroxylation sites is 1. The van der Waals surface area contributed by atoms with Crippen molar-refractivity contribution in [3.05, 3.63) is 50.8 Å². The molecular formula is C17H15N5OS. The van der Waals surface area contributed by atoms with E-state index in [0.717, 1.165) is 34.0 Å². The number of aliphatic imine (C=N–C) groups is 1. The Bertz CT molecular complexity index is 1090. The largest absolute Gasteiger partial charge is 0.383 e. The van der Waals surface area contributed by atoms with Crippen molar-refractivity contribution in [2.45, 2.75) is 20.3 Å². The van der Waals surface area contributed by atoms with Crippen LogP contribution in [0.1, 0.15) is 30.0 Å². The Morgan fingerprint density at radius 2 is 2.12 bits per heavy atom. The predicted molar refractivity (Wildman–Crippen MR) is 98.0 cm³/mol. The van der Waals surface area contributed by atoms with Crippen LogP contribution in [0.2, 0.25) is 0 Å². The number of hydrogen-bond acceptors (Lipinski definition) is 6. The minimum Gasteiger partial charge on any atom is -0.383 e. The van der Waals surface area contributed by atoms with Crippen molar-refractivity contribution in [2.75, 3.05) is 5.73 Å². The second-order valence-corrected chi connectivity index (χ2v) is 6.57. The highest BCUT2D eigenvalue weighted by atomic mass is 32.1. The molecule has 0 atom stereocenters. The summed E-state index contributed by atoms with van der Waals surface area (Å²) in [6, 6.07) is 7.83. The molecule has 3 heterocycles. The smallest absolute Gasteiger partial charge is 0.283 e. The third kappa shape index (κ3) is 2.16. The first-order valence-electron chi connectivity index (χ1n) is 7.63. The second kappa shape index (κ2) is 5.38. The van der Waals surface area contributed by atoms with Gasteiger partial charge in [-0.2, -0.15) is 14.6 Å². The minimum atomic E-state index is -0.344. The van der Waals surface area contributed by atoms with Crippen LogP contribution in [-0.4, -0.2) is 20.3 Å². The molecule has 3 aromatic rings. The van der Waals surface area contributed by atoms with Crippen molar-refractivity contribution in [2.24, 2.45) is 4.99 Å². The lowest BCUT2D eigenvalue weighted by Gasteiger charge is -2.04. The molecule has 0 aliphatic carbocycles. The van der Waals surface area contributed by atoms with E-state index in [0.29, 0.717) is 16.3 Å². The molecular weight excluding hydrogens is 322 g/mol. The van der Waals surface area contributed by atoms with E-state index in [9.17, 15) is 4.79 Å². The molecule has 4 rings (SSSR count). The zero-order valence-electron chi connectivity index (χ0n) is 13.3. The topological polar surface area (TPSA) is 85.6 Å². The van der Waals surface area contributed by atoms with Crippen LogP contribution in [0.15, 0.2) is 34.1 Å². The minimum absolute atomic E-state index is 0.311. The van der Waals surface area contributed by atoms with E-state index in [1.165, 1.54) is 11.3 Å². The van der Waals surface area contributed by atoms with Gasteiger partial charge in [-0.3, -0.25) is 9.79 Å². The van der Waals surface area contributed by atoms with Crippen LogP contribution in [0, 0.1) is 0 Å². The number of benzene rings is 1. The van der Waals surface area contributed by atoms with E-state index in [-0.39, 0.29) is 5.56 Å². The summed E-state index contributed by atoms with van der Waals surface area (Å²) in [4.78, 5) is 21.6. The zero-order valence-corrected chi connectivity index (χ0v) is 14.1. The number of aryl methyl sites for hydroxylation is 1. The van der Waals surface area contributed by atoms with Gasteiger partial charge < -0.3 is 5.73 Å². The standard InChI is InChI=1S/C17H15N5OS/c1-3-14-21-22-15(18)12(16(23)20-17(22)24-14)8-11-9(2)19-13-7-5-4-6-10(11)13/h4-8H,3,18H2,1-2H3/b11-8-. The summed E-state index contributed by atoms with van der Waals surface area (Å²) in [7, 11) is 0. The molecule has 6 nitrogen and oxygen atoms in total. The molecule has 120 valence electrons. The molecule has 2 aromatic heterocycles. The Morgan fingerprint density at radius 3 is 2.92 bits per heavy atom. The van der Waals surface area contributed by atoms with Crippen LogP contribution < -0.4 is 11.3 Å². The number of nitrogen functional groups attached to an aromatic ring is 1. The third-order valence-corrected chi connectivity index (χ3v) is 5.05. The van der Waals surface area contributed by atoms with Gasteiger partial charge in [-0.25, -0.2) is 0 Å². The van der Waals surface area contributed by atoms with Crippen molar-refractivity contribution < 1.29 is 0 Å². The number of allylic oxidation sites excluding steroid dienone is 1. The zero-order chi connectivity index (χ0) is 16.8. The maximum atomic E-state index is 12.4. The number of rotatable bonds is 2. The Balaban J connectivity index is 1.95. The van der Waals surface area contributed by atoms with E-state index in [1.807, 2.05) is 38.1 Å². The fourth-order valence-electron chi connectivity index (χ4n) is 2.76. The molecule has 0 bridgehead atoms. The van der Waals surface area contributed by atoms with Crippen molar-refractivity contribution >= 4 is 45.2 Å². The van der Waals surface area contributed by atoms with Gasteiger partial charge >= 0.3 is 0 Å². The lowest BCUT2D eigenvalue weighted by Crippen LogP contribution is -2.17. The van der Waals surface area contributed by atoms with E-state index < -0.39 is 0 Å². The molecule has 7 heteroatoms. The van der Waals surface area contributed by atoms with Gasteiger partial charge in [0.15, 0.2) is 0 Å². The monoisotopic (exact) mass is 337 g/mol. The van der Waals surface area contributed by atoms with Gasteiger partial charge in [-0.05, 0) is 25.5 Å². The number of fused-ring (bicyclic) bond motifs is 2. The van der Waals surface area contributed by atoms with Crippen LogP contribution in [-0.2, 0) is 6.42 Å². The van der Waals surface area contributed by atoms with Crippen molar-refractivity contribution in [3.63, 3.8) is 0 Å². The van der Waals surface area contributed by atoms with Crippen molar-refractivity contribution in [3.8, 4) is 0 Å². The van der Waals surface area contributed by atoms with E-state index in [1.54, 1.807) is 10.6 Å². The molecule has 24 heavy (non-hydrogen) atoms. The Hall–Kier alpha value is -2.80. The third-order valence-electron chi connectivity index (χ3n) is 4.00. The number of aromatic nitrogens is 3. The number of hydrogen-bond donors (Lipinski definition) is 1. The SMILES string of the molecule is CCc1nn2c(N)c(/C=C3/C(C)=Nc4ccccc43)c(=O)nc2s1. The molecule has 0 fully saturated rings. The highest BCUT2D eigenvalue weighted by molar-refractivity contribution is 7.16. The lowest BCUT2D eigenvalue weighted by atomic mass is 10.0. The predicted octanol–water partition coefficient (Wildman–Crippen LogP) is 2.94. The molecule has 2 N–H and O–H groups in total. The summed E-state index contributed by atoms with van der Waals surface area (Å²) in [5, 5.41) is 5.31. The number of nitrogens with zero attached hydrogens (tertiary/aromatic N) is 4. The average Bonchev–Trinajstić information content (AvgIpc) is 3.12. The summed E-state index contributed by atoms with van der Waals surface area (Å²) in [6.07, 6.45) is 2.55. The maximum absolute atomic E-state index is 12.4. The lowest BCUT2D eigenvalue weighted by molar-refractivity contribution is 0.892. The molecule has 0 amide bonds. The van der Waals surface area contributed by atoms with Crippen LogP contribution in [0.5, 0.6) is 0 Å². The highest BCUT2D eigenvalue weighted by Gasteiger charge is 2.19. The van der Waals surface area contributed by atoms with Crippen LogP contribution in [0.4, 0.5) is 11.5 Å². The molecule has 0 spiro atoms. The molecule has 1 aromatic carbocycles. The number of anilines is 1. The first kappa shape index (κ1) is 14.8. The molecule has 0 radical (unpaired) electrons. The van der Waals surface area contributed by atoms with Gasteiger partial charge in [0, 0.05) is 16.8 Å². The van der Waals surface area contributed by atoms with Crippen molar-refractivity contribution in [1.29, 1.82) is 0 Å². The molecule has 0 unspecified atom stereocenters. The summed E-state index contributed by atoms with van der Waals surface area (Å²) in [5.41, 5.74) is 9.85. The van der Waals surface area contributed by atoms with Crippen LogP contribution in [0.3, 0.4) is 0 Å². The van der Waals surface area contributed by atoms with E-state index >= 15 is 0 Å². The summed E-state index contributed by atoms with van der Waals surface area (Å²) >= 11 is 1.38. The molecule has 1 aliphatic heterocycles. The van der Waals surface area contributed by atoms with Gasteiger partial charge in [0.2, 0.25) is 4.96 Å². The van der Waals surface area contributed by atoms with Gasteiger partial charge in [0.25, 0.3) is 5.56 Å². The summed E-state index contributed by atoms with van der Waals surface area (Å²) in [6.45, 7) is 3.92. The highest BCUT2D eigenvalue weighted by Crippen LogP contribution is 2.35. The molecule has 0 saturated heterocycles. The Morgan fingerprint density at radius 1 is 1.33 bits per heavy atom. The van der Waals surface area contributed by atoms with Gasteiger partial charge in [0.05, 0.1) is 11.3 Å². The first-order chi connectivity index (χ1) is 11.6. The van der Waals surface area contributed by atoms with E-state index in [4.69, 9.17) is 5.73 Å². The van der Waals surface area contributed by atoms with Crippen LogP contribution in [0.25, 0.3) is 16.6 Å². The normalized spacial score (nSPS) is 15.1. The van der Waals surface area contributed by atoms with Gasteiger partial charge in [-0.15, -0.1) is 0 Å². The first-order valence-corrected chi connectivity index (χ1v) is 8.45. The summed E-state index contributed by atoms with van der Waals surface area (Å²) < 4.78 is 1.55. The van der Waals surface area contributed by atoms with Crippen LogP contribution >= 0.6 is 11.3 Å². The fourth-order valence-corrected chi connectivity index (χ4v) is 3.59. The van der Waals surface area contributed by atoms with Crippen molar-refractivity contribution in [1.82, 2.24) is 14.6 Å². The number of nitrogens with two attached hydrogens (primary N) is 1. The average molecular weight is 337 g/mol. The Labute approximate surface area is 142 Å².